The Hall–Kier alpha value is -2.78. The van der Waals surface area contributed by atoms with E-state index < -0.39 is 0 Å². The van der Waals surface area contributed by atoms with Crippen molar-refractivity contribution in [3.63, 3.8) is 0 Å². The van der Waals surface area contributed by atoms with Crippen LogP contribution in [0.3, 0.4) is 0 Å². The molecule has 4 N–H and O–H groups in total. The molecule has 3 aromatic rings. The molecule has 0 spiro atoms. The summed E-state index contributed by atoms with van der Waals surface area (Å²) in [6.45, 7) is 0.570. The van der Waals surface area contributed by atoms with Crippen molar-refractivity contribution in [2.45, 2.75) is 69.7 Å². The Morgan fingerprint density at radius 2 is 1.97 bits per heavy atom. The van der Waals surface area contributed by atoms with Crippen molar-refractivity contribution < 1.29 is 9.90 Å². The molecule has 0 aliphatic heterocycles. The molecule has 0 unspecified atom stereocenters. The van der Waals surface area contributed by atoms with Gasteiger partial charge in [-0.15, -0.1) is 0 Å². The van der Waals surface area contributed by atoms with Gasteiger partial charge in [0.05, 0.1) is 34.8 Å². The average Bonchev–Trinajstić information content (AvgIpc) is 3.18. The van der Waals surface area contributed by atoms with Crippen LogP contribution < -0.4 is 16.0 Å². The van der Waals surface area contributed by atoms with Crippen molar-refractivity contribution in [1.29, 1.82) is 0 Å². The molecule has 8 nitrogen and oxygen atoms in total. The lowest BCUT2D eigenvalue weighted by molar-refractivity contribution is 0.0911. The van der Waals surface area contributed by atoms with Crippen LogP contribution in [0.25, 0.3) is 10.2 Å². The first-order valence-electron chi connectivity index (χ1n) is 11.3. The molecule has 2 aliphatic rings. The van der Waals surface area contributed by atoms with Crippen LogP contribution in [-0.4, -0.2) is 44.2 Å². The second kappa shape index (κ2) is 9.38. The standard InChI is InChI=1S/C23H28N6O2S/c30-19-7-2-1-6-16(19)28-23-29-17-9-8-14(10-20(17)32-23)11-25-21-13-24-12-18(27-21)22(31)26-15-4-3-5-15/h8-10,12-13,15-16,19,30H,1-7,11H2,(H,25,27)(H,26,31)(H,28,29)/t16-,19-/m1/s1. The van der Waals surface area contributed by atoms with E-state index in [-0.39, 0.29) is 24.1 Å². The molecule has 2 fully saturated rings. The summed E-state index contributed by atoms with van der Waals surface area (Å²) in [6, 6.07) is 6.52. The van der Waals surface area contributed by atoms with E-state index in [0.29, 0.717) is 18.1 Å². The summed E-state index contributed by atoms with van der Waals surface area (Å²) in [4.78, 5) is 25.6. The van der Waals surface area contributed by atoms with E-state index in [1.54, 1.807) is 17.5 Å². The smallest absolute Gasteiger partial charge is 0.271 e. The predicted octanol–water partition coefficient (Wildman–Crippen LogP) is 3.70. The van der Waals surface area contributed by atoms with E-state index >= 15 is 0 Å². The quantitative estimate of drug-likeness (QED) is 0.432. The highest BCUT2D eigenvalue weighted by atomic mass is 32.1. The molecule has 0 radical (unpaired) electrons. The second-order valence-electron chi connectivity index (χ2n) is 8.67. The minimum atomic E-state index is -0.303. The zero-order chi connectivity index (χ0) is 21.9. The molecular formula is C23H28N6O2S. The lowest BCUT2D eigenvalue weighted by Crippen LogP contribution is -2.39. The van der Waals surface area contributed by atoms with Gasteiger partial charge >= 0.3 is 0 Å². The topological polar surface area (TPSA) is 112 Å². The third-order valence-electron chi connectivity index (χ3n) is 6.27. The number of nitrogens with one attached hydrogen (secondary N) is 3. The van der Waals surface area contributed by atoms with E-state index in [1.807, 2.05) is 12.1 Å². The molecule has 2 aliphatic carbocycles. The van der Waals surface area contributed by atoms with Gasteiger partial charge in [0.2, 0.25) is 0 Å². The molecule has 5 rings (SSSR count). The Kier molecular flexibility index (Phi) is 6.18. The number of carbonyl (C=O) groups is 1. The fourth-order valence-electron chi connectivity index (χ4n) is 4.14. The van der Waals surface area contributed by atoms with Gasteiger partial charge in [-0.05, 0) is 49.8 Å². The van der Waals surface area contributed by atoms with Crippen LogP contribution in [0.4, 0.5) is 10.9 Å². The number of thiazole rings is 1. The molecule has 9 heteroatoms. The Morgan fingerprint density at radius 3 is 2.78 bits per heavy atom. The predicted molar refractivity (Wildman–Crippen MR) is 126 cm³/mol. The van der Waals surface area contributed by atoms with Gasteiger partial charge < -0.3 is 21.1 Å². The molecule has 1 aromatic carbocycles. The maximum absolute atomic E-state index is 12.3. The number of benzene rings is 1. The van der Waals surface area contributed by atoms with Crippen molar-refractivity contribution >= 4 is 38.4 Å². The van der Waals surface area contributed by atoms with E-state index in [2.05, 4.69) is 37.0 Å². The molecule has 2 heterocycles. The highest BCUT2D eigenvalue weighted by molar-refractivity contribution is 7.22. The van der Waals surface area contributed by atoms with Crippen molar-refractivity contribution in [2.75, 3.05) is 10.6 Å². The van der Waals surface area contributed by atoms with Gasteiger partial charge in [-0.2, -0.15) is 0 Å². The molecule has 32 heavy (non-hydrogen) atoms. The number of fused-ring (bicyclic) bond motifs is 1. The number of nitrogens with zero attached hydrogens (tertiary/aromatic N) is 3. The number of aliphatic hydroxyl groups is 1. The van der Waals surface area contributed by atoms with Gasteiger partial charge in [-0.3, -0.25) is 9.78 Å². The molecule has 0 bridgehead atoms. The molecule has 2 saturated carbocycles. The normalized spacial score (nSPS) is 21.2. The van der Waals surface area contributed by atoms with Crippen LogP contribution in [0.2, 0.25) is 0 Å². The number of aromatic nitrogens is 3. The van der Waals surface area contributed by atoms with Gasteiger partial charge in [0, 0.05) is 12.6 Å². The zero-order valence-corrected chi connectivity index (χ0v) is 18.7. The maximum atomic E-state index is 12.3. The van der Waals surface area contributed by atoms with Crippen LogP contribution in [0.5, 0.6) is 0 Å². The molecular weight excluding hydrogens is 424 g/mol. The summed E-state index contributed by atoms with van der Waals surface area (Å²) in [5.41, 5.74) is 2.37. The zero-order valence-electron chi connectivity index (χ0n) is 17.9. The Balaban J connectivity index is 1.22. The minimum absolute atomic E-state index is 0.0813. The number of carbonyl (C=O) groups excluding carboxylic acids is 1. The Morgan fingerprint density at radius 1 is 1.09 bits per heavy atom. The Labute approximate surface area is 190 Å². The van der Waals surface area contributed by atoms with Gasteiger partial charge in [0.15, 0.2) is 5.13 Å². The number of aliphatic hydroxyl groups excluding tert-OH is 1. The van der Waals surface area contributed by atoms with E-state index in [4.69, 9.17) is 0 Å². The Bertz CT molecular complexity index is 1100. The van der Waals surface area contributed by atoms with Crippen LogP contribution in [0, 0.1) is 0 Å². The first-order chi connectivity index (χ1) is 15.6. The number of hydrogen-bond acceptors (Lipinski definition) is 8. The molecule has 1 amide bonds. The fourth-order valence-corrected chi connectivity index (χ4v) is 5.14. The van der Waals surface area contributed by atoms with Crippen molar-refractivity contribution in [2.24, 2.45) is 0 Å². The van der Waals surface area contributed by atoms with E-state index in [0.717, 1.165) is 59.4 Å². The number of rotatable bonds is 7. The van der Waals surface area contributed by atoms with Crippen LogP contribution >= 0.6 is 11.3 Å². The van der Waals surface area contributed by atoms with Crippen molar-refractivity contribution in [1.82, 2.24) is 20.3 Å². The molecule has 2 atom stereocenters. The summed E-state index contributed by atoms with van der Waals surface area (Å²) in [5.74, 6) is 0.407. The third-order valence-corrected chi connectivity index (χ3v) is 7.22. The van der Waals surface area contributed by atoms with E-state index in [1.165, 1.54) is 12.6 Å². The lowest BCUT2D eigenvalue weighted by atomic mass is 9.93. The highest BCUT2D eigenvalue weighted by Gasteiger charge is 2.24. The van der Waals surface area contributed by atoms with Crippen LogP contribution in [0.1, 0.15) is 61.0 Å². The summed E-state index contributed by atoms with van der Waals surface area (Å²) < 4.78 is 1.09. The van der Waals surface area contributed by atoms with E-state index in [9.17, 15) is 9.90 Å². The summed E-state index contributed by atoms with van der Waals surface area (Å²) in [5, 5.41) is 20.7. The van der Waals surface area contributed by atoms with Gasteiger partial charge in [-0.1, -0.05) is 30.2 Å². The van der Waals surface area contributed by atoms with Gasteiger partial charge in [0.1, 0.15) is 11.5 Å². The first-order valence-corrected chi connectivity index (χ1v) is 12.2. The van der Waals surface area contributed by atoms with Crippen LogP contribution in [-0.2, 0) is 6.54 Å². The summed E-state index contributed by atoms with van der Waals surface area (Å²) in [7, 11) is 0. The molecule has 2 aromatic heterocycles. The fraction of sp³-hybridized carbons (Fsp3) is 0.478. The van der Waals surface area contributed by atoms with Gasteiger partial charge in [-0.25, -0.2) is 9.97 Å². The largest absolute Gasteiger partial charge is 0.391 e. The number of anilines is 2. The second-order valence-corrected chi connectivity index (χ2v) is 9.70. The summed E-state index contributed by atoms with van der Waals surface area (Å²) >= 11 is 1.61. The molecule has 0 saturated heterocycles. The number of amides is 1. The summed E-state index contributed by atoms with van der Waals surface area (Å²) in [6.07, 6.45) is 10.1. The van der Waals surface area contributed by atoms with Gasteiger partial charge in [0.25, 0.3) is 5.91 Å². The highest BCUT2D eigenvalue weighted by Crippen LogP contribution is 2.30. The maximum Gasteiger partial charge on any atom is 0.271 e. The molecule has 168 valence electrons. The SMILES string of the molecule is O=C(NC1CCC1)c1cncc(NCc2ccc3nc(N[C@@H]4CCCC[C@H]4O)sc3c2)n1. The number of hydrogen-bond donors (Lipinski definition) is 4. The first kappa shape index (κ1) is 21.1. The minimum Gasteiger partial charge on any atom is -0.391 e. The average molecular weight is 453 g/mol. The van der Waals surface area contributed by atoms with Crippen molar-refractivity contribution in [3.8, 4) is 0 Å². The monoisotopic (exact) mass is 452 g/mol. The van der Waals surface area contributed by atoms with Crippen molar-refractivity contribution in [3.05, 3.63) is 41.9 Å². The lowest BCUT2D eigenvalue weighted by Gasteiger charge is -2.27. The van der Waals surface area contributed by atoms with Crippen LogP contribution in [0.15, 0.2) is 30.6 Å². The third kappa shape index (κ3) is 4.83.